The lowest BCUT2D eigenvalue weighted by molar-refractivity contribution is -0.140. The second-order valence-corrected chi connectivity index (χ2v) is 2.68. The largest absolute Gasteiger partial charge is 0.480 e. The minimum Gasteiger partial charge on any atom is -0.480 e. The van der Waals surface area contributed by atoms with Crippen molar-refractivity contribution in [1.29, 1.82) is 0 Å². The van der Waals surface area contributed by atoms with Crippen LogP contribution >= 0.6 is 0 Å². The van der Waals surface area contributed by atoms with Gasteiger partial charge in [-0.2, -0.15) is 0 Å². The molecule has 0 aliphatic heterocycles. The Kier molecular flexibility index (Phi) is 2.80. The number of carbonyl (C=O) groups is 1. The first-order valence-corrected chi connectivity index (χ1v) is 3.19. The summed E-state index contributed by atoms with van der Waals surface area (Å²) in [5.74, 6) is -1.05. The van der Waals surface area contributed by atoms with Crippen LogP contribution in [-0.2, 0) is 4.79 Å². The van der Waals surface area contributed by atoms with Gasteiger partial charge in [-0.3, -0.25) is 4.79 Å². The van der Waals surface area contributed by atoms with Crippen LogP contribution < -0.4 is 11.5 Å². The standard InChI is InChI=1S/C6H14N2O2/c1-3-6(2,8)4(7)5(9)10/h4H,3,7-8H2,1-2H3,(H,9,10). The maximum Gasteiger partial charge on any atom is 0.322 e. The molecule has 0 saturated heterocycles. The average molecular weight is 146 g/mol. The molecule has 0 amide bonds. The maximum atomic E-state index is 10.3. The molecule has 10 heavy (non-hydrogen) atoms. The molecule has 0 heterocycles. The molecule has 0 rings (SSSR count). The molecule has 0 aromatic rings. The van der Waals surface area contributed by atoms with Crippen LogP contribution in [0.1, 0.15) is 20.3 Å². The summed E-state index contributed by atoms with van der Waals surface area (Å²) in [5, 5.41) is 8.44. The Bertz CT molecular complexity index is 134. The summed E-state index contributed by atoms with van der Waals surface area (Å²) in [6.45, 7) is 3.44. The molecule has 4 heteroatoms. The molecular formula is C6H14N2O2. The highest BCUT2D eigenvalue weighted by atomic mass is 16.4. The van der Waals surface area contributed by atoms with Crippen molar-refractivity contribution in [2.75, 3.05) is 0 Å². The van der Waals surface area contributed by atoms with Crippen molar-refractivity contribution in [3.8, 4) is 0 Å². The number of hydrogen-bond donors (Lipinski definition) is 3. The maximum absolute atomic E-state index is 10.3. The van der Waals surface area contributed by atoms with Gasteiger partial charge in [0.1, 0.15) is 6.04 Å². The Labute approximate surface area is 60.2 Å². The first-order valence-electron chi connectivity index (χ1n) is 3.19. The summed E-state index contributed by atoms with van der Waals surface area (Å²) in [6, 6.07) is -0.975. The molecule has 0 bridgehead atoms. The predicted molar refractivity (Wildman–Crippen MR) is 38.5 cm³/mol. The Balaban J connectivity index is 4.17. The summed E-state index contributed by atoms with van der Waals surface area (Å²) < 4.78 is 0. The summed E-state index contributed by atoms with van der Waals surface area (Å²) in [7, 11) is 0. The minimum absolute atomic E-state index is 0.556. The summed E-state index contributed by atoms with van der Waals surface area (Å²) in [6.07, 6.45) is 0.556. The highest BCUT2D eigenvalue weighted by molar-refractivity contribution is 5.74. The van der Waals surface area contributed by atoms with Gasteiger partial charge in [0.25, 0.3) is 0 Å². The molecule has 0 aliphatic carbocycles. The van der Waals surface area contributed by atoms with E-state index < -0.39 is 17.6 Å². The number of rotatable bonds is 3. The molecule has 0 radical (unpaired) electrons. The highest BCUT2D eigenvalue weighted by Gasteiger charge is 2.30. The Morgan fingerprint density at radius 2 is 2.20 bits per heavy atom. The van der Waals surface area contributed by atoms with Gasteiger partial charge < -0.3 is 16.6 Å². The summed E-state index contributed by atoms with van der Waals surface area (Å²) in [4.78, 5) is 10.3. The number of aliphatic carboxylic acids is 1. The molecule has 0 aromatic heterocycles. The lowest BCUT2D eigenvalue weighted by Gasteiger charge is -2.26. The van der Waals surface area contributed by atoms with Gasteiger partial charge in [0.2, 0.25) is 0 Å². The summed E-state index contributed by atoms with van der Waals surface area (Å²) >= 11 is 0. The van der Waals surface area contributed by atoms with Gasteiger partial charge in [0.05, 0.1) is 0 Å². The molecule has 0 spiro atoms. The second kappa shape index (κ2) is 2.98. The van der Waals surface area contributed by atoms with Crippen LogP contribution in [-0.4, -0.2) is 22.7 Å². The fourth-order valence-electron chi connectivity index (χ4n) is 0.502. The zero-order valence-corrected chi connectivity index (χ0v) is 6.29. The quantitative estimate of drug-likeness (QED) is 0.502. The third kappa shape index (κ3) is 1.97. The van der Waals surface area contributed by atoms with E-state index in [9.17, 15) is 4.79 Å². The van der Waals surface area contributed by atoms with Crippen LogP contribution in [0.2, 0.25) is 0 Å². The van der Waals surface area contributed by atoms with Crippen LogP contribution in [0, 0.1) is 0 Å². The van der Waals surface area contributed by atoms with Gasteiger partial charge in [-0.25, -0.2) is 0 Å². The first-order chi connectivity index (χ1) is 4.41. The van der Waals surface area contributed by atoms with Crippen molar-refractivity contribution in [1.82, 2.24) is 0 Å². The topological polar surface area (TPSA) is 89.3 Å². The second-order valence-electron chi connectivity index (χ2n) is 2.68. The van der Waals surface area contributed by atoms with Crippen molar-refractivity contribution in [2.24, 2.45) is 11.5 Å². The van der Waals surface area contributed by atoms with Gasteiger partial charge >= 0.3 is 5.97 Å². The zero-order valence-electron chi connectivity index (χ0n) is 6.29. The number of hydrogen-bond acceptors (Lipinski definition) is 3. The highest BCUT2D eigenvalue weighted by Crippen LogP contribution is 2.08. The van der Waals surface area contributed by atoms with Crippen molar-refractivity contribution < 1.29 is 9.90 Å². The van der Waals surface area contributed by atoms with Gasteiger partial charge in [-0.15, -0.1) is 0 Å². The van der Waals surface area contributed by atoms with E-state index >= 15 is 0 Å². The third-order valence-corrected chi connectivity index (χ3v) is 1.74. The van der Waals surface area contributed by atoms with Crippen LogP contribution in [0.5, 0.6) is 0 Å². The lowest BCUT2D eigenvalue weighted by Crippen LogP contribution is -2.56. The molecule has 0 saturated carbocycles. The van der Waals surface area contributed by atoms with E-state index in [1.54, 1.807) is 6.92 Å². The smallest absolute Gasteiger partial charge is 0.322 e. The molecular weight excluding hydrogens is 132 g/mol. The molecule has 0 fully saturated rings. The fourth-order valence-corrected chi connectivity index (χ4v) is 0.502. The zero-order chi connectivity index (χ0) is 8.36. The summed E-state index contributed by atoms with van der Waals surface area (Å²) in [5.41, 5.74) is 10.0. The van der Waals surface area contributed by atoms with E-state index in [0.717, 1.165) is 0 Å². The normalized spacial score (nSPS) is 19.6. The molecule has 2 atom stereocenters. The monoisotopic (exact) mass is 146 g/mol. The number of carboxylic acids is 1. The van der Waals surface area contributed by atoms with Crippen molar-refractivity contribution in [2.45, 2.75) is 31.8 Å². The number of carboxylic acid groups (broad SMARTS) is 1. The van der Waals surface area contributed by atoms with E-state index in [1.807, 2.05) is 6.92 Å². The molecule has 5 N–H and O–H groups in total. The minimum atomic E-state index is -1.05. The van der Waals surface area contributed by atoms with Crippen LogP contribution in [0.3, 0.4) is 0 Å². The van der Waals surface area contributed by atoms with Crippen molar-refractivity contribution in [3.05, 3.63) is 0 Å². The van der Waals surface area contributed by atoms with Crippen molar-refractivity contribution in [3.63, 3.8) is 0 Å². The van der Waals surface area contributed by atoms with Gasteiger partial charge in [0, 0.05) is 5.54 Å². The fraction of sp³-hybridized carbons (Fsp3) is 0.833. The Hall–Kier alpha value is -0.610. The van der Waals surface area contributed by atoms with Gasteiger partial charge in [-0.05, 0) is 13.3 Å². The molecule has 0 aromatic carbocycles. The predicted octanol–water partition coefficient (Wildman–Crippen LogP) is -0.474. The average Bonchev–Trinajstić information content (AvgIpc) is 1.86. The first kappa shape index (κ1) is 9.39. The van der Waals surface area contributed by atoms with Gasteiger partial charge in [0.15, 0.2) is 0 Å². The van der Waals surface area contributed by atoms with E-state index in [-0.39, 0.29) is 0 Å². The van der Waals surface area contributed by atoms with E-state index in [4.69, 9.17) is 16.6 Å². The van der Waals surface area contributed by atoms with Crippen LogP contribution in [0.4, 0.5) is 0 Å². The van der Waals surface area contributed by atoms with Crippen LogP contribution in [0.25, 0.3) is 0 Å². The SMILES string of the molecule is CCC(C)(N)C(N)C(=O)O. The van der Waals surface area contributed by atoms with Gasteiger partial charge in [-0.1, -0.05) is 6.92 Å². The Morgan fingerprint density at radius 1 is 1.80 bits per heavy atom. The molecule has 60 valence electrons. The molecule has 0 aliphatic rings. The van der Waals surface area contributed by atoms with E-state index in [2.05, 4.69) is 0 Å². The number of nitrogens with two attached hydrogens (primary N) is 2. The Morgan fingerprint density at radius 3 is 2.30 bits per heavy atom. The van der Waals surface area contributed by atoms with E-state index in [0.29, 0.717) is 6.42 Å². The van der Waals surface area contributed by atoms with E-state index in [1.165, 1.54) is 0 Å². The molecule has 2 unspecified atom stereocenters. The third-order valence-electron chi connectivity index (χ3n) is 1.74. The van der Waals surface area contributed by atoms with Crippen molar-refractivity contribution >= 4 is 5.97 Å². The van der Waals surface area contributed by atoms with Crippen LogP contribution in [0.15, 0.2) is 0 Å². The molecule has 4 nitrogen and oxygen atoms in total. The lowest BCUT2D eigenvalue weighted by atomic mass is 9.91.